The SMILES string of the molecule is NS(=O)(=O)c1ccc(NC(=O)NC2CCSc3c(F)cccc32)cc1. The molecule has 3 rings (SSSR count). The number of benzene rings is 2. The Labute approximate surface area is 149 Å². The molecule has 1 unspecified atom stereocenters. The third kappa shape index (κ3) is 4.12. The molecule has 6 nitrogen and oxygen atoms in total. The van der Waals surface area contributed by atoms with Crippen molar-refractivity contribution in [1.82, 2.24) is 5.32 Å². The Hall–Kier alpha value is -2.10. The molecule has 0 radical (unpaired) electrons. The number of amides is 2. The molecule has 0 fully saturated rings. The minimum atomic E-state index is -3.77. The van der Waals surface area contributed by atoms with Crippen LogP contribution in [0.3, 0.4) is 0 Å². The summed E-state index contributed by atoms with van der Waals surface area (Å²) in [5, 5.41) is 10.5. The van der Waals surface area contributed by atoms with Crippen molar-refractivity contribution in [2.45, 2.75) is 22.3 Å². The van der Waals surface area contributed by atoms with Gasteiger partial charge in [0.05, 0.1) is 10.9 Å². The van der Waals surface area contributed by atoms with E-state index in [0.717, 1.165) is 5.56 Å². The Morgan fingerprint density at radius 1 is 1.20 bits per heavy atom. The molecular formula is C16H16FN3O3S2. The van der Waals surface area contributed by atoms with E-state index in [2.05, 4.69) is 10.6 Å². The molecule has 2 aromatic rings. The maximum absolute atomic E-state index is 13.9. The van der Waals surface area contributed by atoms with Crippen LogP contribution in [0.15, 0.2) is 52.3 Å². The zero-order chi connectivity index (χ0) is 18.0. The number of sulfonamides is 1. The Morgan fingerprint density at radius 3 is 2.60 bits per heavy atom. The summed E-state index contributed by atoms with van der Waals surface area (Å²) in [5.74, 6) is 0.426. The molecule has 1 aliphatic rings. The fourth-order valence-electron chi connectivity index (χ4n) is 2.59. The van der Waals surface area contributed by atoms with Crippen molar-refractivity contribution >= 4 is 33.5 Å². The molecule has 1 atom stereocenters. The lowest BCUT2D eigenvalue weighted by Gasteiger charge is -2.26. The summed E-state index contributed by atoms with van der Waals surface area (Å²) in [6, 6.07) is 9.62. The van der Waals surface area contributed by atoms with Crippen LogP contribution in [0, 0.1) is 5.82 Å². The van der Waals surface area contributed by atoms with E-state index >= 15 is 0 Å². The molecular weight excluding hydrogens is 365 g/mol. The second kappa shape index (κ2) is 7.03. The van der Waals surface area contributed by atoms with Crippen LogP contribution in [0.5, 0.6) is 0 Å². The Balaban J connectivity index is 1.69. The van der Waals surface area contributed by atoms with Crippen LogP contribution in [-0.2, 0) is 10.0 Å². The van der Waals surface area contributed by atoms with Crippen molar-refractivity contribution in [1.29, 1.82) is 0 Å². The molecule has 4 N–H and O–H groups in total. The third-order valence-electron chi connectivity index (χ3n) is 3.77. The molecule has 0 spiro atoms. The summed E-state index contributed by atoms with van der Waals surface area (Å²) in [4.78, 5) is 12.7. The third-order valence-corrected chi connectivity index (χ3v) is 5.86. The second-order valence-electron chi connectivity index (χ2n) is 5.52. The largest absolute Gasteiger partial charge is 0.331 e. The Kier molecular flexibility index (Phi) is 4.98. The lowest BCUT2D eigenvalue weighted by Crippen LogP contribution is -2.34. The van der Waals surface area contributed by atoms with Gasteiger partial charge in [-0.05, 0) is 42.3 Å². The normalized spacial score (nSPS) is 16.8. The fraction of sp³-hybridized carbons (Fsp3) is 0.188. The summed E-state index contributed by atoms with van der Waals surface area (Å²) in [6.45, 7) is 0. The predicted molar refractivity (Wildman–Crippen MR) is 94.5 cm³/mol. The van der Waals surface area contributed by atoms with Crippen LogP contribution in [0.2, 0.25) is 0 Å². The number of thioether (sulfide) groups is 1. The summed E-state index contributed by atoms with van der Waals surface area (Å²) in [6.07, 6.45) is 0.693. The molecule has 132 valence electrons. The van der Waals surface area contributed by atoms with Gasteiger partial charge in [0.2, 0.25) is 10.0 Å². The Morgan fingerprint density at radius 2 is 1.92 bits per heavy atom. The summed E-state index contributed by atoms with van der Waals surface area (Å²) >= 11 is 1.44. The van der Waals surface area contributed by atoms with Crippen LogP contribution >= 0.6 is 11.8 Å². The lowest BCUT2D eigenvalue weighted by molar-refractivity contribution is 0.248. The number of anilines is 1. The van der Waals surface area contributed by atoms with Gasteiger partial charge in [0.15, 0.2) is 0 Å². The van der Waals surface area contributed by atoms with Gasteiger partial charge in [-0.2, -0.15) is 0 Å². The molecule has 0 aliphatic carbocycles. The number of carbonyl (C=O) groups excluding carboxylic acids is 1. The molecule has 2 amide bonds. The number of halogens is 1. The van der Waals surface area contributed by atoms with Gasteiger partial charge in [0.1, 0.15) is 5.82 Å². The van der Waals surface area contributed by atoms with Gasteiger partial charge >= 0.3 is 6.03 Å². The van der Waals surface area contributed by atoms with E-state index in [1.54, 1.807) is 12.1 Å². The number of fused-ring (bicyclic) bond motifs is 1. The van der Waals surface area contributed by atoms with Gasteiger partial charge in [-0.15, -0.1) is 11.8 Å². The summed E-state index contributed by atoms with van der Waals surface area (Å²) in [7, 11) is -3.77. The molecule has 0 saturated carbocycles. The van der Waals surface area contributed by atoms with Crippen molar-refractivity contribution in [3.8, 4) is 0 Å². The van der Waals surface area contributed by atoms with Gasteiger partial charge in [-0.25, -0.2) is 22.7 Å². The lowest BCUT2D eigenvalue weighted by atomic mass is 10.0. The average Bonchev–Trinajstić information content (AvgIpc) is 2.55. The molecule has 0 bridgehead atoms. The summed E-state index contributed by atoms with van der Waals surface area (Å²) < 4.78 is 36.3. The highest BCUT2D eigenvalue weighted by atomic mass is 32.2. The molecule has 2 aromatic carbocycles. The number of carbonyl (C=O) groups is 1. The number of hydrogen-bond donors (Lipinski definition) is 3. The van der Waals surface area contributed by atoms with E-state index in [1.807, 2.05) is 0 Å². The highest BCUT2D eigenvalue weighted by Gasteiger charge is 2.24. The van der Waals surface area contributed by atoms with E-state index in [4.69, 9.17) is 5.14 Å². The highest BCUT2D eigenvalue weighted by molar-refractivity contribution is 7.99. The minimum Gasteiger partial charge on any atom is -0.331 e. The molecule has 9 heteroatoms. The van der Waals surface area contributed by atoms with Gasteiger partial charge in [-0.3, -0.25) is 0 Å². The van der Waals surface area contributed by atoms with Gasteiger partial charge < -0.3 is 10.6 Å². The number of hydrogen-bond acceptors (Lipinski definition) is 4. The quantitative estimate of drug-likeness (QED) is 0.761. The molecule has 0 saturated heterocycles. The number of nitrogens with two attached hydrogens (primary N) is 1. The zero-order valence-electron chi connectivity index (χ0n) is 13.0. The second-order valence-corrected chi connectivity index (χ2v) is 8.18. The van der Waals surface area contributed by atoms with Crippen LogP contribution in [-0.4, -0.2) is 20.2 Å². The topological polar surface area (TPSA) is 101 Å². The van der Waals surface area contributed by atoms with E-state index in [9.17, 15) is 17.6 Å². The number of nitrogens with one attached hydrogen (secondary N) is 2. The smallest absolute Gasteiger partial charge is 0.319 e. The molecule has 25 heavy (non-hydrogen) atoms. The van der Waals surface area contributed by atoms with Crippen molar-refractivity contribution in [3.63, 3.8) is 0 Å². The van der Waals surface area contributed by atoms with Crippen LogP contribution in [0.4, 0.5) is 14.9 Å². The standard InChI is InChI=1S/C16H16FN3O3S2/c17-13-3-1-2-12-14(8-9-24-15(12)13)20-16(21)19-10-4-6-11(7-5-10)25(18,22)23/h1-7,14H,8-9H2,(H2,18,22,23)(H2,19,20,21). The van der Waals surface area contributed by atoms with Crippen molar-refractivity contribution in [3.05, 3.63) is 53.8 Å². The molecule has 1 heterocycles. The van der Waals surface area contributed by atoms with Gasteiger partial charge in [0, 0.05) is 16.3 Å². The highest BCUT2D eigenvalue weighted by Crippen LogP contribution is 2.37. The van der Waals surface area contributed by atoms with E-state index in [0.29, 0.717) is 22.8 Å². The number of primary sulfonamides is 1. The number of urea groups is 1. The van der Waals surface area contributed by atoms with Gasteiger partial charge in [0.25, 0.3) is 0 Å². The van der Waals surface area contributed by atoms with E-state index in [-0.39, 0.29) is 16.8 Å². The first-order valence-electron chi connectivity index (χ1n) is 7.46. The maximum atomic E-state index is 13.9. The first-order chi connectivity index (χ1) is 11.8. The van der Waals surface area contributed by atoms with Crippen LogP contribution in [0.25, 0.3) is 0 Å². The maximum Gasteiger partial charge on any atom is 0.319 e. The van der Waals surface area contributed by atoms with Crippen molar-refractivity contribution in [2.24, 2.45) is 5.14 Å². The van der Waals surface area contributed by atoms with Gasteiger partial charge in [-0.1, -0.05) is 12.1 Å². The first-order valence-corrected chi connectivity index (χ1v) is 9.99. The van der Waals surface area contributed by atoms with Crippen LogP contribution in [0.1, 0.15) is 18.0 Å². The van der Waals surface area contributed by atoms with E-state index in [1.165, 1.54) is 42.1 Å². The van der Waals surface area contributed by atoms with Crippen molar-refractivity contribution < 1.29 is 17.6 Å². The molecule has 1 aliphatic heterocycles. The monoisotopic (exact) mass is 381 g/mol. The van der Waals surface area contributed by atoms with Crippen molar-refractivity contribution in [2.75, 3.05) is 11.1 Å². The summed E-state index contributed by atoms with van der Waals surface area (Å²) in [5.41, 5.74) is 1.19. The Bertz CT molecular complexity index is 901. The molecule has 0 aromatic heterocycles. The van der Waals surface area contributed by atoms with E-state index < -0.39 is 16.1 Å². The zero-order valence-corrected chi connectivity index (χ0v) is 14.7. The fourth-order valence-corrected chi connectivity index (χ4v) is 4.25. The minimum absolute atomic E-state index is 0.0350. The number of rotatable bonds is 3. The average molecular weight is 381 g/mol. The first kappa shape index (κ1) is 17.7. The van der Waals surface area contributed by atoms with Crippen LogP contribution < -0.4 is 15.8 Å². The predicted octanol–water partition coefficient (Wildman–Crippen LogP) is 2.83.